The molecule has 0 atom stereocenters. The number of anilines is 1. The molecular weight excluding hydrogens is 422 g/mol. The maximum absolute atomic E-state index is 13.0. The van der Waals surface area contributed by atoms with Gasteiger partial charge in [0.1, 0.15) is 15.4 Å². The van der Waals surface area contributed by atoms with Crippen molar-refractivity contribution in [2.75, 3.05) is 18.9 Å². The minimum atomic E-state index is -3.83. The highest BCUT2D eigenvalue weighted by Crippen LogP contribution is 2.35. The van der Waals surface area contributed by atoms with Crippen molar-refractivity contribution in [2.24, 2.45) is 0 Å². The van der Waals surface area contributed by atoms with Crippen LogP contribution in [0.25, 0.3) is 20.9 Å². The zero-order valence-corrected chi connectivity index (χ0v) is 18.2. The van der Waals surface area contributed by atoms with Gasteiger partial charge >= 0.3 is 0 Å². The molecule has 0 aliphatic heterocycles. The average molecular weight is 442 g/mol. The minimum Gasteiger partial charge on any atom is -0.493 e. The van der Waals surface area contributed by atoms with Crippen molar-refractivity contribution in [3.05, 3.63) is 60.3 Å². The molecule has 2 heterocycles. The van der Waals surface area contributed by atoms with Gasteiger partial charge in [0.2, 0.25) is 0 Å². The second kappa shape index (κ2) is 7.92. The van der Waals surface area contributed by atoms with E-state index in [4.69, 9.17) is 9.47 Å². The lowest BCUT2D eigenvalue weighted by Gasteiger charge is -2.14. The molecule has 4 rings (SSSR count). The van der Waals surface area contributed by atoms with Crippen molar-refractivity contribution in [3.63, 3.8) is 0 Å². The highest BCUT2D eigenvalue weighted by atomic mass is 32.2. The summed E-state index contributed by atoms with van der Waals surface area (Å²) in [4.78, 5) is 9.88. The summed E-state index contributed by atoms with van der Waals surface area (Å²) in [5, 5.41) is 0.786. The van der Waals surface area contributed by atoms with Gasteiger partial charge in [0, 0.05) is 17.8 Å². The van der Waals surface area contributed by atoms with Crippen molar-refractivity contribution in [2.45, 2.75) is 11.8 Å². The molecule has 0 spiro atoms. The molecule has 0 bridgehead atoms. The molecule has 0 amide bonds. The van der Waals surface area contributed by atoms with Gasteiger partial charge in [0.15, 0.2) is 11.5 Å². The lowest BCUT2D eigenvalue weighted by Crippen LogP contribution is -2.14. The standard InChI is InChI=1S/C21H19N3O4S2/c1-13-15(20-23-17-8-5-11-22-21(17)29-20)6-4-7-16(13)24-30(25,26)14-9-10-18(27-2)19(12-14)28-3/h4-12,24H,1-3H3. The zero-order chi connectivity index (χ0) is 21.3. The van der Waals surface area contributed by atoms with E-state index in [9.17, 15) is 8.42 Å². The maximum Gasteiger partial charge on any atom is 0.262 e. The predicted octanol–water partition coefficient (Wildman–Crippen LogP) is 4.48. The molecule has 0 fully saturated rings. The number of nitrogens with zero attached hydrogens (tertiary/aromatic N) is 2. The van der Waals surface area contributed by atoms with Crippen molar-refractivity contribution in [1.82, 2.24) is 9.97 Å². The second-order valence-corrected chi connectivity index (χ2v) is 9.11. The van der Waals surface area contributed by atoms with E-state index in [-0.39, 0.29) is 4.90 Å². The first-order chi connectivity index (χ1) is 14.4. The Morgan fingerprint density at radius 1 is 1.00 bits per heavy atom. The smallest absolute Gasteiger partial charge is 0.262 e. The third kappa shape index (κ3) is 3.69. The van der Waals surface area contributed by atoms with E-state index >= 15 is 0 Å². The molecule has 154 valence electrons. The Morgan fingerprint density at radius 3 is 2.53 bits per heavy atom. The summed E-state index contributed by atoms with van der Waals surface area (Å²) in [6.45, 7) is 1.86. The van der Waals surface area contributed by atoms with Crippen LogP contribution < -0.4 is 14.2 Å². The largest absolute Gasteiger partial charge is 0.493 e. The normalized spacial score (nSPS) is 11.4. The number of aromatic nitrogens is 2. The Kier molecular flexibility index (Phi) is 5.31. The first kappa shape index (κ1) is 20.1. The number of hydrogen-bond donors (Lipinski definition) is 1. The monoisotopic (exact) mass is 441 g/mol. The molecule has 0 saturated heterocycles. The molecule has 0 radical (unpaired) electrons. The van der Waals surface area contributed by atoms with E-state index in [0.717, 1.165) is 26.5 Å². The van der Waals surface area contributed by atoms with Gasteiger partial charge < -0.3 is 9.47 Å². The average Bonchev–Trinajstić information content (AvgIpc) is 3.18. The number of sulfonamides is 1. The van der Waals surface area contributed by atoms with Crippen LogP contribution in [0.1, 0.15) is 5.56 Å². The van der Waals surface area contributed by atoms with Gasteiger partial charge in [-0.25, -0.2) is 18.4 Å². The van der Waals surface area contributed by atoms with E-state index in [0.29, 0.717) is 17.2 Å². The van der Waals surface area contributed by atoms with Crippen LogP contribution in [0.5, 0.6) is 11.5 Å². The van der Waals surface area contributed by atoms with Crippen LogP contribution in [0.3, 0.4) is 0 Å². The highest BCUT2D eigenvalue weighted by molar-refractivity contribution is 7.92. The molecule has 30 heavy (non-hydrogen) atoms. The van der Waals surface area contributed by atoms with Gasteiger partial charge in [0.25, 0.3) is 10.0 Å². The van der Waals surface area contributed by atoms with Gasteiger partial charge in [0.05, 0.1) is 24.8 Å². The van der Waals surface area contributed by atoms with Crippen molar-refractivity contribution >= 4 is 37.4 Å². The molecule has 7 nitrogen and oxygen atoms in total. The number of thiazole rings is 1. The van der Waals surface area contributed by atoms with Crippen LogP contribution in [-0.2, 0) is 10.0 Å². The fourth-order valence-corrected chi connectivity index (χ4v) is 5.18. The maximum atomic E-state index is 13.0. The van der Waals surface area contributed by atoms with E-state index < -0.39 is 10.0 Å². The molecule has 0 aliphatic carbocycles. The molecule has 2 aromatic carbocycles. The Hall–Kier alpha value is -3.17. The van der Waals surface area contributed by atoms with Crippen molar-refractivity contribution < 1.29 is 17.9 Å². The number of methoxy groups -OCH3 is 2. The lowest BCUT2D eigenvalue weighted by molar-refractivity contribution is 0.354. The molecule has 0 unspecified atom stereocenters. The number of nitrogens with one attached hydrogen (secondary N) is 1. The minimum absolute atomic E-state index is 0.0779. The first-order valence-electron chi connectivity index (χ1n) is 8.99. The summed E-state index contributed by atoms with van der Waals surface area (Å²) in [5.41, 5.74) is 2.92. The Morgan fingerprint density at radius 2 is 1.80 bits per heavy atom. The number of pyridine rings is 1. The van der Waals surface area contributed by atoms with E-state index in [1.165, 1.54) is 37.7 Å². The third-order valence-electron chi connectivity index (χ3n) is 4.64. The highest BCUT2D eigenvalue weighted by Gasteiger charge is 2.19. The number of fused-ring (bicyclic) bond motifs is 1. The molecule has 0 aliphatic rings. The van der Waals surface area contributed by atoms with Crippen LogP contribution in [-0.4, -0.2) is 32.6 Å². The van der Waals surface area contributed by atoms with Crippen molar-refractivity contribution in [1.29, 1.82) is 0 Å². The predicted molar refractivity (Wildman–Crippen MR) is 118 cm³/mol. The number of benzene rings is 2. The van der Waals surface area contributed by atoms with Gasteiger partial charge in [-0.2, -0.15) is 0 Å². The SMILES string of the molecule is COc1ccc(S(=O)(=O)Nc2cccc(-c3nc4cccnc4s3)c2C)cc1OC. The summed E-state index contributed by atoms with van der Waals surface area (Å²) in [7, 11) is -0.875. The van der Waals surface area contributed by atoms with E-state index in [1.807, 2.05) is 25.1 Å². The summed E-state index contributed by atoms with van der Waals surface area (Å²) in [5.74, 6) is 0.798. The van der Waals surface area contributed by atoms with Gasteiger partial charge in [-0.1, -0.05) is 23.5 Å². The zero-order valence-electron chi connectivity index (χ0n) is 16.5. The van der Waals surface area contributed by atoms with Gasteiger partial charge in [-0.3, -0.25) is 4.72 Å². The summed E-state index contributed by atoms with van der Waals surface area (Å²) in [6, 6.07) is 13.7. The van der Waals surface area contributed by atoms with E-state index in [1.54, 1.807) is 24.4 Å². The van der Waals surface area contributed by atoms with Gasteiger partial charge in [-0.05, 0) is 42.8 Å². The fraction of sp³-hybridized carbons (Fsp3) is 0.143. The summed E-state index contributed by atoms with van der Waals surface area (Å²) < 4.78 is 39.0. The van der Waals surface area contributed by atoms with E-state index in [2.05, 4.69) is 14.7 Å². The summed E-state index contributed by atoms with van der Waals surface area (Å²) in [6.07, 6.45) is 1.73. The van der Waals surface area contributed by atoms with Crippen LogP contribution in [0.4, 0.5) is 5.69 Å². The number of rotatable bonds is 6. The Bertz CT molecular complexity index is 1300. The van der Waals surface area contributed by atoms with Gasteiger partial charge in [-0.15, -0.1) is 0 Å². The quantitative estimate of drug-likeness (QED) is 0.474. The number of hydrogen-bond acceptors (Lipinski definition) is 7. The Labute approximate surface area is 178 Å². The molecule has 1 N–H and O–H groups in total. The topological polar surface area (TPSA) is 90.4 Å². The number of ether oxygens (including phenoxy) is 2. The van der Waals surface area contributed by atoms with Crippen LogP contribution in [0.2, 0.25) is 0 Å². The molecule has 4 aromatic rings. The molecular formula is C21H19N3O4S2. The fourth-order valence-electron chi connectivity index (χ4n) is 3.05. The van der Waals surface area contributed by atoms with Crippen LogP contribution >= 0.6 is 11.3 Å². The third-order valence-corrected chi connectivity index (χ3v) is 7.02. The molecule has 9 heteroatoms. The first-order valence-corrected chi connectivity index (χ1v) is 11.3. The summed E-state index contributed by atoms with van der Waals surface area (Å²) >= 11 is 1.47. The Balaban J connectivity index is 1.71. The molecule has 0 saturated carbocycles. The van der Waals surface area contributed by atoms with Crippen molar-refractivity contribution in [3.8, 4) is 22.1 Å². The second-order valence-electron chi connectivity index (χ2n) is 6.45. The van der Waals surface area contributed by atoms with Crippen LogP contribution in [0, 0.1) is 6.92 Å². The van der Waals surface area contributed by atoms with Crippen LogP contribution in [0.15, 0.2) is 59.6 Å². The lowest BCUT2D eigenvalue weighted by atomic mass is 10.1. The molecule has 2 aromatic heterocycles.